The van der Waals surface area contributed by atoms with Gasteiger partial charge in [-0.05, 0) is 12.8 Å². The van der Waals surface area contributed by atoms with Gasteiger partial charge in [-0.15, -0.1) is 0 Å². The molecule has 0 aromatic rings. The molecule has 0 aliphatic carbocycles. The van der Waals surface area contributed by atoms with Crippen molar-refractivity contribution < 1.29 is 56.7 Å². The van der Waals surface area contributed by atoms with Crippen molar-refractivity contribution in [2.24, 2.45) is 0 Å². The first kappa shape index (κ1) is 48.7. The van der Waals surface area contributed by atoms with Crippen LogP contribution in [0.3, 0.4) is 0 Å². The molecule has 12 nitrogen and oxygen atoms in total. The summed E-state index contributed by atoms with van der Waals surface area (Å²) >= 11 is 0. The van der Waals surface area contributed by atoms with Gasteiger partial charge in [-0.2, -0.15) is 0 Å². The summed E-state index contributed by atoms with van der Waals surface area (Å²) in [4.78, 5) is 63.9. The van der Waals surface area contributed by atoms with Crippen molar-refractivity contribution in [3.63, 3.8) is 0 Å². The summed E-state index contributed by atoms with van der Waals surface area (Å²) in [5.41, 5.74) is -2.15. The van der Waals surface area contributed by atoms with Crippen LogP contribution in [0, 0.1) is 0 Å². The Morgan fingerprint density at radius 3 is 1.20 bits per heavy atom. The maximum atomic E-state index is 12.5. The summed E-state index contributed by atoms with van der Waals surface area (Å²) in [6.45, 7) is 3.13. The van der Waals surface area contributed by atoms with Crippen molar-refractivity contribution in [2.75, 3.05) is 13.2 Å². The molecule has 0 amide bonds. The van der Waals surface area contributed by atoms with Gasteiger partial charge in [0, 0.05) is 12.8 Å². The predicted octanol–water partition coefficient (Wildman–Crippen LogP) is 10.8. The predicted molar refractivity (Wildman–Crippen MR) is 196 cm³/mol. The van der Waals surface area contributed by atoms with E-state index in [4.69, 9.17) is 19.3 Å². The molecular weight excluding hydrogens is 686 g/mol. The van der Waals surface area contributed by atoms with Gasteiger partial charge >= 0.3 is 33.1 Å². The average molecular weight is 757 g/mol. The van der Waals surface area contributed by atoms with E-state index in [1.807, 2.05) is 0 Å². The second kappa shape index (κ2) is 32.4. The molecular formula is C36H70O12P2. The number of hydrogen-bond acceptors (Lipinski definition) is 9. The summed E-state index contributed by atoms with van der Waals surface area (Å²) < 4.78 is 41.9. The molecule has 1 unspecified atom stereocenters. The first-order chi connectivity index (χ1) is 23.9. The van der Waals surface area contributed by atoms with E-state index in [0.717, 1.165) is 44.9 Å². The monoisotopic (exact) mass is 756 g/mol. The van der Waals surface area contributed by atoms with Crippen LogP contribution in [0.25, 0.3) is 0 Å². The Labute approximate surface area is 302 Å². The molecule has 0 fully saturated rings. The highest BCUT2D eigenvalue weighted by atomic mass is 31.2. The van der Waals surface area contributed by atoms with Gasteiger partial charge in [0.15, 0.2) is 6.10 Å². The van der Waals surface area contributed by atoms with Crippen LogP contribution in [0.5, 0.6) is 0 Å². The Kier molecular flexibility index (Phi) is 31.5. The normalized spacial score (nSPS) is 13.5. The van der Waals surface area contributed by atoms with Crippen LogP contribution in [0.15, 0.2) is 0 Å². The van der Waals surface area contributed by atoms with Crippen LogP contribution in [-0.4, -0.2) is 51.6 Å². The molecule has 0 saturated heterocycles. The second-order valence-corrected chi connectivity index (χ2v) is 16.3. The lowest BCUT2D eigenvalue weighted by atomic mass is 10.0. The van der Waals surface area contributed by atoms with E-state index in [-0.39, 0.29) is 12.8 Å². The van der Waals surface area contributed by atoms with Crippen molar-refractivity contribution in [1.29, 1.82) is 0 Å². The van der Waals surface area contributed by atoms with E-state index in [9.17, 15) is 28.4 Å². The fourth-order valence-electron chi connectivity index (χ4n) is 5.58. The van der Waals surface area contributed by atoms with E-state index in [0.29, 0.717) is 12.8 Å². The lowest BCUT2D eigenvalue weighted by molar-refractivity contribution is -0.161. The third-order valence-electron chi connectivity index (χ3n) is 8.56. The number of unbranched alkanes of at least 4 members (excludes halogenated alkanes) is 24. The molecule has 3 N–H and O–H groups in total. The third-order valence-corrected chi connectivity index (χ3v) is 10.2. The van der Waals surface area contributed by atoms with Crippen LogP contribution in [0.4, 0.5) is 4.79 Å². The van der Waals surface area contributed by atoms with Gasteiger partial charge in [0.25, 0.3) is 0 Å². The number of hydrogen-bond donors (Lipinski definition) is 3. The molecule has 50 heavy (non-hydrogen) atoms. The standard InChI is InChI=1S/C36H70O12P2/c1-3-5-7-9-11-13-15-17-19-21-23-25-27-29-34(37)45-31-33(32-46-49(40,41)36(39)48-50(42,43)44)47-35(38)30-28-26-24-22-20-18-16-14-12-10-8-6-4-2/h33H,3-32H2,1-2H3,(H,40,41)(H2,42,43,44)/t33-/m1/s1. The summed E-state index contributed by atoms with van der Waals surface area (Å²) in [6.07, 6.45) is 29.1. The number of rotatable bonds is 36. The topological polar surface area (TPSA) is 183 Å². The molecule has 0 spiro atoms. The lowest BCUT2D eigenvalue weighted by Gasteiger charge is -2.19. The summed E-state index contributed by atoms with van der Waals surface area (Å²) in [7, 11) is -10.7. The highest BCUT2D eigenvalue weighted by Gasteiger charge is 2.39. The van der Waals surface area contributed by atoms with E-state index in [1.165, 1.54) is 109 Å². The van der Waals surface area contributed by atoms with Gasteiger partial charge in [0.1, 0.15) is 6.61 Å². The Hall–Kier alpha value is -1.29. The molecule has 14 heteroatoms. The van der Waals surface area contributed by atoms with Crippen molar-refractivity contribution in [2.45, 2.75) is 200 Å². The molecule has 2 atom stereocenters. The maximum absolute atomic E-state index is 12.5. The van der Waals surface area contributed by atoms with E-state index in [1.54, 1.807) is 0 Å². The Balaban J connectivity index is 4.44. The molecule has 0 heterocycles. The lowest BCUT2D eigenvalue weighted by Crippen LogP contribution is -2.29. The van der Waals surface area contributed by atoms with Gasteiger partial charge < -0.3 is 18.9 Å². The molecule has 0 aromatic carbocycles. The smallest absolute Gasteiger partial charge is 0.462 e. The largest absolute Gasteiger partial charge is 0.527 e. The number of carbonyl (C=O) groups is 3. The van der Waals surface area contributed by atoms with Gasteiger partial charge in [-0.1, -0.05) is 168 Å². The molecule has 0 aliphatic heterocycles. The minimum atomic E-state index is -5.39. The van der Waals surface area contributed by atoms with Crippen LogP contribution >= 0.6 is 15.4 Å². The van der Waals surface area contributed by atoms with Crippen LogP contribution in [0.2, 0.25) is 0 Å². The highest BCUT2D eigenvalue weighted by molar-refractivity contribution is 7.71. The van der Waals surface area contributed by atoms with Crippen molar-refractivity contribution >= 4 is 33.1 Å². The number of ether oxygens (including phenoxy) is 2. The Morgan fingerprint density at radius 2 is 0.840 bits per heavy atom. The number of esters is 2. The van der Waals surface area contributed by atoms with Crippen molar-refractivity contribution in [3.8, 4) is 0 Å². The molecule has 0 aromatic heterocycles. The number of phosphoric ester groups is 1. The van der Waals surface area contributed by atoms with Crippen molar-refractivity contribution in [3.05, 3.63) is 0 Å². The average Bonchev–Trinajstić information content (AvgIpc) is 3.05. The fraction of sp³-hybridized carbons (Fsp3) is 0.917. The number of phosphoric acid groups is 1. The summed E-state index contributed by atoms with van der Waals surface area (Å²) in [6, 6.07) is 0. The van der Waals surface area contributed by atoms with Gasteiger partial charge in [0.2, 0.25) is 0 Å². The fourth-order valence-corrected chi connectivity index (χ4v) is 6.99. The third kappa shape index (κ3) is 32.6. The van der Waals surface area contributed by atoms with E-state index >= 15 is 0 Å². The summed E-state index contributed by atoms with van der Waals surface area (Å²) in [5.74, 6) is -1.15. The van der Waals surface area contributed by atoms with Crippen LogP contribution in [0.1, 0.15) is 194 Å². The zero-order valence-corrected chi connectivity index (χ0v) is 33.0. The van der Waals surface area contributed by atoms with E-state index < -0.39 is 52.4 Å². The molecule has 0 rings (SSSR count). The molecule has 0 aliphatic rings. The van der Waals surface area contributed by atoms with Crippen LogP contribution < -0.4 is 0 Å². The number of carbonyl (C=O) groups excluding carboxylic acids is 3. The molecule has 0 bridgehead atoms. The zero-order valence-electron chi connectivity index (χ0n) is 31.2. The van der Waals surface area contributed by atoms with Gasteiger partial charge in [-0.3, -0.25) is 23.9 Å². The van der Waals surface area contributed by atoms with Gasteiger partial charge in [-0.25, -0.2) is 13.9 Å². The second-order valence-electron chi connectivity index (χ2n) is 13.4. The molecule has 296 valence electrons. The zero-order chi connectivity index (χ0) is 37.4. The van der Waals surface area contributed by atoms with Crippen LogP contribution in [-0.2, 0) is 37.2 Å². The quantitative estimate of drug-likeness (QED) is 0.0313. The first-order valence-electron chi connectivity index (χ1n) is 19.5. The van der Waals surface area contributed by atoms with Gasteiger partial charge in [0.05, 0.1) is 6.61 Å². The molecule has 0 saturated carbocycles. The van der Waals surface area contributed by atoms with Crippen molar-refractivity contribution in [1.82, 2.24) is 0 Å². The molecule has 0 radical (unpaired) electrons. The summed E-state index contributed by atoms with van der Waals surface area (Å²) in [5, 5.41) is 0. The minimum Gasteiger partial charge on any atom is -0.462 e. The minimum absolute atomic E-state index is 0.0815. The SMILES string of the molecule is CCCCCCCCCCCCCCCC(=O)OC[C@H](COP(=O)(O)C(=O)OP(=O)(O)O)OC(=O)CCCCCCCCCCCCCCC. The highest BCUT2D eigenvalue weighted by Crippen LogP contribution is 2.50. The maximum Gasteiger partial charge on any atom is 0.527 e. The first-order valence-corrected chi connectivity index (χ1v) is 22.6. The Bertz CT molecular complexity index is 955. The van der Waals surface area contributed by atoms with E-state index in [2.05, 4.69) is 22.9 Å². The Morgan fingerprint density at radius 1 is 0.500 bits per heavy atom.